The van der Waals surface area contributed by atoms with Crippen LogP contribution in [0.2, 0.25) is 0 Å². The van der Waals surface area contributed by atoms with Gasteiger partial charge in [0.05, 0.1) is 19.3 Å². The molecule has 0 saturated carbocycles. The van der Waals surface area contributed by atoms with Crippen molar-refractivity contribution in [2.24, 2.45) is 0 Å². The standard InChI is InChI=1S/C13H26O5/c1-4-7-8-12(18-13(14)15)10-16-9-11(5-2)17-6-3/h11-12H,4-10H2,1-3H3,(H,14,15). The zero-order valence-electron chi connectivity index (χ0n) is 11.7. The first-order valence-corrected chi connectivity index (χ1v) is 6.72. The van der Waals surface area contributed by atoms with Gasteiger partial charge in [-0.1, -0.05) is 20.3 Å². The predicted molar refractivity (Wildman–Crippen MR) is 68.9 cm³/mol. The van der Waals surface area contributed by atoms with E-state index in [1.165, 1.54) is 0 Å². The lowest BCUT2D eigenvalue weighted by Crippen LogP contribution is -2.26. The predicted octanol–water partition coefficient (Wildman–Crippen LogP) is 3.07. The van der Waals surface area contributed by atoms with Gasteiger partial charge >= 0.3 is 6.16 Å². The van der Waals surface area contributed by atoms with Crippen LogP contribution in [0, 0.1) is 0 Å². The third-order valence-electron chi connectivity index (χ3n) is 2.61. The summed E-state index contributed by atoms with van der Waals surface area (Å²) in [6, 6.07) is 0. The Morgan fingerprint density at radius 1 is 1.17 bits per heavy atom. The Morgan fingerprint density at radius 2 is 1.83 bits per heavy atom. The van der Waals surface area contributed by atoms with Crippen molar-refractivity contribution in [3.8, 4) is 0 Å². The molecule has 2 unspecified atom stereocenters. The average molecular weight is 262 g/mol. The van der Waals surface area contributed by atoms with Gasteiger partial charge < -0.3 is 19.3 Å². The summed E-state index contributed by atoms with van der Waals surface area (Å²) < 4.78 is 15.7. The number of hydrogen-bond acceptors (Lipinski definition) is 4. The van der Waals surface area contributed by atoms with Crippen molar-refractivity contribution in [2.75, 3.05) is 19.8 Å². The molecule has 1 N–H and O–H groups in total. The van der Waals surface area contributed by atoms with E-state index in [2.05, 4.69) is 6.92 Å². The second-order valence-electron chi connectivity index (χ2n) is 4.17. The Kier molecular flexibility index (Phi) is 10.8. The van der Waals surface area contributed by atoms with Crippen LogP contribution < -0.4 is 0 Å². The summed E-state index contributed by atoms with van der Waals surface area (Å²) in [5, 5.41) is 8.62. The molecule has 0 heterocycles. The van der Waals surface area contributed by atoms with Crippen molar-refractivity contribution >= 4 is 6.16 Å². The first-order chi connectivity index (χ1) is 8.63. The minimum Gasteiger partial charge on any atom is -0.450 e. The van der Waals surface area contributed by atoms with Crippen molar-refractivity contribution in [3.63, 3.8) is 0 Å². The summed E-state index contributed by atoms with van der Waals surface area (Å²) in [5.41, 5.74) is 0. The minimum absolute atomic E-state index is 0.0756. The molecule has 0 aliphatic rings. The van der Waals surface area contributed by atoms with Crippen LogP contribution in [0.1, 0.15) is 46.5 Å². The van der Waals surface area contributed by atoms with Gasteiger partial charge in [-0.2, -0.15) is 0 Å². The Balaban J connectivity index is 3.89. The van der Waals surface area contributed by atoms with Crippen LogP contribution >= 0.6 is 0 Å². The van der Waals surface area contributed by atoms with Crippen LogP contribution in [0.3, 0.4) is 0 Å². The molecule has 5 nitrogen and oxygen atoms in total. The number of carbonyl (C=O) groups is 1. The lowest BCUT2D eigenvalue weighted by atomic mass is 10.2. The van der Waals surface area contributed by atoms with Crippen molar-refractivity contribution < 1.29 is 24.1 Å². The molecule has 0 fully saturated rings. The smallest absolute Gasteiger partial charge is 0.450 e. The van der Waals surface area contributed by atoms with E-state index >= 15 is 0 Å². The van der Waals surface area contributed by atoms with Crippen molar-refractivity contribution in [3.05, 3.63) is 0 Å². The van der Waals surface area contributed by atoms with Gasteiger partial charge in [-0.15, -0.1) is 0 Å². The molecule has 108 valence electrons. The monoisotopic (exact) mass is 262 g/mol. The Morgan fingerprint density at radius 3 is 2.33 bits per heavy atom. The lowest BCUT2D eigenvalue weighted by molar-refractivity contribution is -0.0480. The normalized spacial score (nSPS) is 14.2. The molecule has 18 heavy (non-hydrogen) atoms. The fourth-order valence-electron chi connectivity index (χ4n) is 1.60. The maximum atomic E-state index is 10.5. The third-order valence-corrected chi connectivity index (χ3v) is 2.61. The summed E-state index contributed by atoms with van der Waals surface area (Å²) in [6.07, 6.45) is 1.99. The molecule has 5 heteroatoms. The van der Waals surface area contributed by atoms with Crippen molar-refractivity contribution in [2.45, 2.75) is 58.7 Å². The van der Waals surface area contributed by atoms with Gasteiger partial charge in [-0.25, -0.2) is 4.79 Å². The topological polar surface area (TPSA) is 65.0 Å². The molecule has 0 radical (unpaired) electrons. The molecular weight excluding hydrogens is 236 g/mol. The van der Waals surface area contributed by atoms with Gasteiger partial charge in [-0.05, 0) is 26.2 Å². The highest BCUT2D eigenvalue weighted by molar-refractivity contribution is 5.57. The second kappa shape index (κ2) is 11.3. The lowest BCUT2D eigenvalue weighted by Gasteiger charge is -2.19. The number of carboxylic acid groups (broad SMARTS) is 1. The fraction of sp³-hybridized carbons (Fsp3) is 0.923. The molecule has 0 spiro atoms. The maximum absolute atomic E-state index is 10.5. The largest absolute Gasteiger partial charge is 0.506 e. The Hall–Kier alpha value is -0.810. The number of unbranched alkanes of at least 4 members (excludes halogenated alkanes) is 1. The van der Waals surface area contributed by atoms with E-state index in [4.69, 9.17) is 19.3 Å². The van der Waals surface area contributed by atoms with Gasteiger partial charge in [0.2, 0.25) is 0 Å². The molecule has 0 aromatic carbocycles. The quantitative estimate of drug-likeness (QED) is 0.580. The van der Waals surface area contributed by atoms with E-state index in [1.807, 2.05) is 13.8 Å². The number of ether oxygens (including phenoxy) is 3. The van der Waals surface area contributed by atoms with Gasteiger partial charge in [0.15, 0.2) is 0 Å². The zero-order chi connectivity index (χ0) is 13.8. The number of hydrogen-bond donors (Lipinski definition) is 1. The van der Waals surface area contributed by atoms with E-state index in [9.17, 15) is 4.79 Å². The van der Waals surface area contributed by atoms with Crippen LogP contribution in [0.4, 0.5) is 4.79 Å². The number of rotatable bonds is 11. The molecule has 0 aromatic heterocycles. The van der Waals surface area contributed by atoms with Crippen molar-refractivity contribution in [1.29, 1.82) is 0 Å². The van der Waals surface area contributed by atoms with Crippen LogP contribution in [-0.4, -0.2) is 43.3 Å². The summed E-state index contributed by atoms with van der Waals surface area (Å²) in [6.45, 7) is 7.48. The van der Waals surface area contributed by atoms with E-state index in [1.54, 1.807) is 0 Å². The SMILES string of the molecule is CCCCC(COCC(CC)OCC)OC(=O)O. The van der Waals surface area contributed by atoms with Crippen LogP contribution in [0.15, 0.2) is 0 Å². The maximum Gasteiger partial charge on any atom is 0.506 e. The van der Waals surface area contributed by atoms with Crippen LogP contribution in [0.25, 0.3) is 0 Å². The highest BCUT2D eigenvalue weighted by atomic mass is 16.7. The summed E-state index contributed by atoms with van der Waals surface area (Å²) in [5.74, 6) is 0. The summed E-state index contributed by atoms with van der Waals surface area (Å²) >= 11 is 0. The van der Waals surface area contributed by atoms with Gasteiger partial charge in [0, 0.05) is 6.61 Å². The van der Waals surface area contributed by atoms with E-state index < -0.39 is 6.16 Å². The Labute approximate surface area is 109 Å². The molecule has 0 aromatic rings. The zero-order valence-corrected chi connectivity index (χ0v) is 11.7. The van der Waals surface area contributed by atoms with E-state index in [-0.39, 0.29) is 12.2 Å². The first-order valence-electron chi connectivity index (χ1n) is 6.72. The highest BCUT2D eigenvalue weighted by Crippen LogP contribution is 2.07. The van der Waals surface area contributed by atoms with Gasteiger partial charge in [0.1, 0.15) is 6.10 Å². The van der Waals surface area contributed by atoms with Crippen LogP contribution in [0.5, 0.6) is 0 Å². The minimum atomic E-state index is -1.24. The second-order valence-corrected chi connectivity index (χ2v) is 4.17. The van der Waals surface area contributed by atoms with E-state index in [0.29, 0.717) is 26.2 Å². The summed E-state index contributed by atoms with van der Waals surface area (Å²) in [4.78, 5) is 10.5. The molecule has 0 rings (SSSR count). The highest BCUT2D eigenvalue weighted by Gasteiger charge is 2.14. The fourth-order valence-corrected chi connectivity index (χ4v) is 1.60. The van der Waals surface area contributed by atoms with E-state index in [0.717, 1.165) is 19.3 Å². The van der Waals surface area contributed by atoms with Gasteiger partial charge in [-0.3, -0.25) is 0 Å². The van der Waals surface area contributed by atoms with Crippen molar-refractivity contribution in [1.82, 2.24) is 0 Å². The molecular formula is C13H26O5. The molecule has 0 aliphatic heterocycles. The third kappa shape index (κ3) is 9.24. The van der Waals surface area contributed by atoms with Crippen LogP contribution in [-0.2, 0) is 14.2 Å². The summed E-state index contributed by atoms with van der Waals surface area (Å²) in [7, 11) is 0. The van der Waals surface area contributed by atoms with Gasteiger partial charge in [0.25, 0.3) is 0 Å². The average Bonchev–Trinajstić information content (AvgIpc) is 2.33. The molecule has 0 aliphatic carbocycles. The molecule has 2 atom stereocenters. The molecule has 0 saturated heterocycles. The first kappa shape index (κ1) is 17.2. The molecule has 0 bridgehead atoms. The Bertz CT molecular complexity index is 208. The molecule has 0 amide bonds.